The van der Waals surface area contributed by atoms with Gasteiger partial charge in [0.05, 0.1) is 0 Å². The fraction of sp³-hybridized carbons (Fsp3) is 0.607. The first kappa shape index (κ1) is 25.2. The SMILES string of the molecule is CCCCCc1cc(C)c(CCCCCCCCCCC(=O)OCc2ccccc2)o1. The van der Waals surface area contributed by atoms with E-state index in [0.29, 0.717) is 13.0 Å². The van der Waals surface area contributed by atoms with Crippen molar-refractivity contribution in [3.63, 3.8) is 0 Å². The number of esters is 1. The summed E-state index contributed by atoms with van der Waals surface area (Å²) in [5.74, 6) is 2.29. The van der Waals surface area contributed by atoms with Crippen molar-refractivity contribution in [2.75, 3.05) is 0 Å². The zero-order valence-corrected chi connectivity index (χ0v) is 19.8. The summed E-state index contributed by atoms with van der Waals surface area (Å²) in [6.45, 7) is 4.81. The third-order valence-electron chi connectivity index (χ3n) is 5.88. The number of rotatable bonds is 17. The normalized spacial score (nSPS) is 11.0. The van der Waals surface area contributed by atoms with Crippen molar-refractivity contribution in [2.45, 2.75) is 110 Å². The van der Waals surface area contributed by atoms with Crippen LogP contribution in [-0.2, 0) is 29.0 Å². The Kier molecular flexibility index (Phi) is 12.8. The van der Waals surface area contributed by atoms with E-state index in [1.54, 1.807) is 0 Å². The third-order valence-corrected chi connectivity index (χ3v) is 5.88. The quantitative estimate of drug-likeness (QED) is 0.189. The summed E-state index contributed by atoms with van der Waals surface area (Å²) in [5.41, 5.74) is 2.37. The number of furan rings is 1. The molecule has 0 aliphatic carbocycles. The first-order valence-corrected chi connectivity index (χ1v) is 12.5. The van der Waals surface area contributed by atoms with Crippen molar-refractivity contribution < 1.29 is 13.9 Å². The van der Waals surface area contributed by atoms with Gasteiger partial charge in [-0.25, -0.2) is 0 Å². The van der Waals surface area contributed by atoms with Gasteiger partial charge in [-0.15, -0.1) is 0 Å². The van der Waals surface area contributed by atoms with E-state index in [1.807, 2.05) is 30.3 Å². The minimum Gasteiger partial charge on any atom is -0.466 e. The molecule has 1 heterocycles. The highest BCUT2D eigenvalue weighted by molar-refractivity contribution is 5.69. The molecule has 0 spiro atoms. The summed E-state index contributed by atoms with van der Waals surface area (Å²) in [5, 5.41) is 0. The molecule has 0 N–H and O–H groups in total. The topological polar surface area (TPSA) is 39.4 Å². The number of unbranched alkanes of at least 4 members (excludes halogenated alkanes) is 9. The van der Waals surface area contributed by atoms with Crippen LogP contribution in [0.25, 0.3) is 0 Å². The smallest absolute Gasteiger partial charge is 0.306 e. The van der Waals surface area contributed by atoms with Gasteiger partial charge in [0.25, 0.3) is 0 Å². The molecule has 3 heteroatoms. The lowest BCUT2D eigenvalue weighted by atomic mass is 10.1. The molecule has 31 heavy (non-hydrogen) atoms. The lowest BCUT2D eigenvalue weighted by Gasteiger charge is -2.05. The van der Waals surface area contributed by atoms with Gasteiger partial charge in [0.15, 0.2) is 0 Å². The monoisotopic (exact) mass is 426 g/mol. The van der Waals surface area contributed by atoms with Crippen molar-refractivity contribution in [3.8, 4) is 0 Å². The van der Waals surface area contributed by atoms with E-state index in [9.17, 15) is 4.79 Å². The molecule has 1 aromatic heterocycles. The van der Waals surface area contributed by atoms with Crippen LogP contribution >= 0.6 is 0 Å². The fourth-order valence-electron chi connectivity index (χ4n) is 3.94. The van der Waals surface area contributed by atoms with Gasteiger partial charge in [-0.2, -0.15) is 0 Å². The lowest BCUT2D eigenvalue weighted by molar-refractivity contribution is -0.145. The predicted octanol–water partition coefficient (Wildman–Crippen LogP) is 8.12. The number of carbonyl (C=O) groups excluding carboxylic acids is 1. The number of benzene rings is 1. The molecule has 1 aromatic carbocycles. The average molecular weight is 427 g/mol. The highest BCUT2D eigenvalue weighted by atomic mass is 16.5. The van der Waals surface area contributed by atoms with Gasteiger partial charge in [0.1, 0.15) is 18.1 Å². The summed E-state index contributed by atoms with van der Waals surface area (Å²) in [4.78, 5) is 11.8. The van der Waals surface area contributed by atoms with Crippen LogP contribution in [0.2, 0.25) is 0 Å². The van der Waals surface area contributed by atoms with Crippen LogP contribution < -0.4 is 0 Å². The van der Waals surface area contributed by atoms with Crippen molar-refractivity contribution >= 4 is 5.97 Å². The standard InChI is InChI=1S/C28H42O3/c1-3-4-12-19-26-22-24(2)27(31-26)20-15-9-7-5-6-8-10-16-21-28(29)30-23-25-17-13-11-14-18-25/h11,13-14,17-18,22H,3-10,12,15-16,19-21,23H2,1-2H3. The highest BCUT2D eigenvalue weighted by Crippen LogP contribution is 2.20. The molecule has 0 aliphatic rings. The Bertz CT molecular complexity index is 717. The zero-order chi connectivity index (χ0) is 22.2. The maximum atomic E-state index is 11.8. The second kappa shape index (κ2) is 15.7. The van der Waals surface area contributed by atoms with Crippen LogP contribution in [0.3, 0.4) is 0 Å². The zero-order valence-electron chi connectivity index (χ0n) is 19.8. The highest BCUT2D eigenvalue weighted by Gasteiger charge is 2.07. The Morgan fingerprint density at radius 1 is 0.839 bits per heavy atom. The van der Waals surface area contributed by atoms with Crippen molar-refractivity contribution in [1.29, 1.82) is 0 Å². The predicted molar refractivity (Wildman–Crippen MR) is 128 cm³/mol. The lowest BCUT2D eigenvalue weighted by Crippen LogP contribution is -2.04. The molecular formula is C28H42O3. The second-order valence-electron chi connectivity index (χ2n) is 8.75. The molecule has 0 aliphatic heterocycles. The van der Waals surface area contributed by atoms with Crippen molar-refractivity contribution in [1.82, 2.24) is 0 Å². The minimum absolute atomic E-state index is 0.0782. The molecule has 0 atom stereocenters. The number of aryl methyl sites for hydroxylation is 3. The number of ether oxygens (including phenoxy) is 1. The maximum absolute atomic E-state index is 11.8. The van der Waals surface area contributed by atoms with E-state index in [2.05, 4.69) is 19.9 Å². The first-order chi connectivity index (χ1) is 15.2. The van der Waals surface area contributed by atoms with Crippen molar-refractivity contribution in [3.05, 3.63) is 59.0 Å². The second-order valence-corrected chi connectivity index (χ2v) is 8.75. The molecule has 0 bridgehead atoms. The molecule has 0 amide bonds. The molecule has 0 unspecified atom stereocenters. The summed E-state index contributed by atoms with van der Waals surface area (Å²) in [7, 11) is 0. The van der Waals surface area contributed by atoms with E-state index >= 15 is 0 Å². The Hall–Kier alpha value is -2.03. The summed E-state index contributed by atoms with van der Waals surface area (Å²) < 4.78 is 11.4. The number of carbonyl (C=O) groups is 1. The Morgan fingerprint density at radius 3 is 2.19 bits per heavy atom. The molecule has 0 saturated heterocycles. The van der Waals surface area contributed by atoms with Crippen LogP contribution in [0.1, 0.15) is 107 Å². The molecule has 2 aromatic rings. The molecule has 172 valence electrons. The fourth-order valence-corrected chi connectivity index (χ4v) is 3.94. The average Bonchev–Trinajstić information content (AvgIpc) is 3.13. The molecule has 0 saturated carbocycles. The Labute approximate surface area is 189 Å². The number of hydrogen-bond donors (Lipinski definition) is 0. The van der Waals surface area contributed by atoms with E-state index < -0.39 is 0 Å². The van der Waals surface area contributed by atoms with Gasteiger partial charge in [0.2, 0.25) is 0 Å². The van der Waals surface area contributed by atoms with Crippen LogP contribution in [0.4, 0.5) is 0 Å². The maximum Gasteiger partial charge on any atom is 0.306 e. The van der Waals surface area contributed by atoms with Crippen molar-refractivity contribution in [2.24, 2.45) is 0 Å². The van der Waals surface area contributed by atoms with Crippen LogP contribution in [-0.4, -0.2) is 5.97 Å². The van der Waals surface area contributed by atoms with Gasteiger partial charge in [0, 0.05) is 19.3 Å². The Morgan fingerprint density at radius 2 is 1.48 bits per heavy atom. The van der Waals surface area contributed by atoms with Crippen LogP contribution in [0, 0.1) is 6.92 Å². The molecule has 0 radical (unpaired) electrons. The van der Waals surface area contributed by atoms with Gasteiger partial charge in [-0.05, 0) is 43.4 Å². The van der Waals surface area contributed by atoms with Gasteiger partial charge in [-0.3, -0.25) is 4.79 Å². The summed E-state index contributed by atoms with van der Waals surface area (Å²) in [6, 6.07) is 12.1. The minimum atomic E-state index is -0.0782. The van der Waals surface area contributed by atoms with Crippen LogP contribution in [0.15, 0.2) is 40.8 Å². The van der Waals surface area contributed by atoms with Gasteiger partial charge in [-0.1, -0.05) is 88.6 Å². The van der Waals surface area contributed by atoms with Gasteiger partial charge < -0.3 is 9.15 Å². The number of hydrogen-bond acceptors (Lipinski definition) is 3. The van der Waals surface area contributed by atoms with E-state index in [4.69, 9.17) is 9.15 Å². The molecule has 0 fully saturated rings. The van der Waals surface area contributed by atoms with Crippen LogP contribution in [0.5, 0.6) is 0 Å². The van der Waals surface area contributed by atoms with E-state index in [0.717, 1.165) is 31.2 Å². The van der Waals surface area contributed by atoms with E-state index in [-0.39, 0.29) is 5.97 Å². The summed E-state index contributed by atoms with van der Waals surface area (Å²) in [6.07, 6.45) is 16.1. The molecular weight excluding hydrogens is 384 g/mol. The van der Waals surface area contributed by atoms with E-state index in [1.165, 1.54) is 74.9 Å². The molecule has 2 rings (SSSR count). The summed E-state index contributed by atoms with van der Waals surface area (Å²) >= 11 is 0. The van der Waals surface area contributed by atoms with Gasteiger partial charge >= 0.3 is 5.97 Å². The third kappa shape index (κ3) is 11.2. The first-order valence-electron chi connectivity index (χ1n) is 12.5. The Balaban J connectivity index is 1.41. The largest absolute Gasteiger partial charge is 0.466 e. The molecule has 3 nitrogen and oxygen atoms in total.